The number of para-hydroxylation sites is 2. The van der Waals surface area contributed by atoms with E-state index in [-0.39, 0.29) is 6.04 Å². The number of likely N-dealkylation sites (tertiary alicyclic amines) is 1. The molecule has 0 saturated carbocycles. The van der Waals surface area contributed by atoms with Crippen molar-refractivity contribution < 1.29 is 9.47 Å². The van der Waals surface area contributed by atoms with E-state index >= 15 is 0 Å². The first-order valence-corrected chi connectivity index (χ1v) is 22.3. The molecule has 1 aliphatic heterocycles. The normalized spacial score (nSPS) is 19.2. The molecule has 12 aromatic rings. The van der Waals surface area contributed by atoms with Crippen LogP contribution in [0.25, 0.3) is 86.2 Å². The van der Waals surface area contributed by atoms with E-state index in [0.717, 1.165) is 37.3 Å². The quantitative estimate of drug-likeness (QED) is 0.102. The van der Waals surface area contributed by atoms with E-state index < -0.39 is 0 Å². The van der Waals surface area contributed by atoms with Gasteiger partial charge in [-0.1, -0.05) is 84.9 Å². The number of ether oxygens (including phenoxy) is 2. The van der Waals surface area contributed by atoms with Crippen molar-refractivity contribution in [3.05, 3.63) is 160 Å². The molecule has 3 unspecified atom stereocenters. The van der Waals surface area contributed by atoms with Crippen molar-refractivity contribution in [3.8, 4) is 0 Å². The van der Waals surface area contributed by atoms with Crippen LogP contribution in [0.5, 0.6) is 0 Å². The molecule has 1 saturated heterocycles. The minimum absolute atomic E-state index is 0.208. The van der Waals surface area contributed by atoms with E-state index in [4.69, 9.17) is 9.47 Å². The summed E-state index contributed by atoms with van der Waals surface area (Å²) in [6.07, 6.45) is 2.05. The van der Waals surface area contributed by atoms with Crippen molar-refractivity contribution >= 4 is 103 Å². The molecule has 1 heterocycles. The molecule has 0 spiro atoms. The largest absolute Gasteiger partial charge is 0.382 e. The number of anilines is 3. The molecule has 0 amide bonds. The molecule has 4 aliphatic rings. The Kier molecular flexibility index (Phi) is 5.93. The number of hydrogen-bond acceptors (Lipinski definition) is 4. The van der Waals surface area contributed by atoms with Crippen LogP contribution < -0.4 is 4.90 Å². The van der Waals surface area contributed by atoms with Gasteiger partial charge in [-0.3, -0.25) is 4.90 Å². The van der Waals surface area contributed by atoms with E-state index in [9.17, 15) is 0 Å². The van der Waals surface area contributed by atoms with E-state index in [2.05, 4.69) is 131 Å². The van der Waals surface area contributed by atoms with Crippen molar-refractivity contribution in [1.29, 1.82) is 0 Å². The Morgan fingerprint density at radius 2 is 1.00 bits per heavy atom. The SMILES string of the molecule is COCCOCCN1CC2c3cc4c5c6c(cc7ccc8cc9c%10c%11c(cc(c%12c3c5c(c%12%11)c3c6c7c8c%103)C2C1c1ccc(N(c2ccccc2)c2ccccc2)cc1)C9)C4. The van der Waals surface area contributed by atoms with E-state index in [0.29, 0.717) is 31.7 Å². The summed E-state index contributed by atoms with van der Waals surface area (Å²) in [4.78, 5) is 5.16. The average molecular weight is 785 g/mol. The number of rotatable bonds is 10. The highest BCUT2D eigenvalue weighted by Crippen LogP contribution is 2.67. The zero-order chi connectivity index (χ0) is 39.4. The van der Waals surface area contributed by atoms with Gasteiger partial charge >= 0.3 is 0 Å². The summed E-state index contributed by atoms with van der Waals surface area (Å²) >= 11 is 0. The molecule has 0 bridgehead atoms. The molecule has 12 aromatic carbocycles. The molecule has 61 heavy (non-hydrogen) atoms. The van der Waals surface area contributed by atoms with Crippen molar-refractivity contribution in [2.45, 2.75) is 30.7 Å². The second-order valence-electron chi connectivity index (χ2n) is 18.7. The number of methoxy groups -OCH3 is 1. The highest BCUT2D eigenvalue weighted by molar-refractivity contribution is 6.58. The van der Waals surface area contributed by atoms with Crippen LogP contribution in [-0.4, -0.2) is 44.9 Å². The maximum absolute atomic E-state index is 6.25. The lowest BCUT2D eigenvalue weighted by Crippen LogP contribution is -2.29. The highest BCUT2D eigenvalue weighted by atomic mass is 16.5. The lowest BCUT2D eigenvalue weighted by molar-refractivity contribution is 0.0545. The van der Waals surface area contributed by atoms with Gasteiger partial charge < -0.3 is 14.4 Å². The number of hydrogen-bond donors (Lipinski definition) is 0. The number of benzene rings is 10. The van der Waals surface area contributed by atoms with Gasteiger partial charge in [0.2, 0.25) is 0 Å². The highest BCUT2D eigenvalue weighted by Gasteiger charge is 2.49. The van der Waals surface area contributed by atoms with Crippen molar-refractivity contribution in [1.82, 2.24) is 4.90 Å². The Labute approximate surface area is 352 Å². The maximum atomic E-state index is 6.25. The molecular weight excluding hydrogens is 745 g/mol. The second-order valence-corrected chi connectivity index (χ2v) is 18.7. The van der Waals surface area contributed by atoms with Gasteiger partial charge in [0.1, 0.15) is 0 Å². The van der Waals surface area contributed by atoms with Crippen LogP contribution in [-0.2, 0) is 22.3 Å². The van der Waals surface area contributed by atoms with Gasteiger partial charge in [0.15, 0.2) is 0 Å². The number of nitrogens with zero attached hydrogens (tertiary/aromatic N) is 2. The van der Waals surface area contributed by atoms with Gasteiger partial charge in [-0.15, -0.1) is 0 Å². The van der Waals surface area contributed by atoms with E-state index in [1.54, 1.807) is 94.0 Å². The molecular formula is C57H40N2O2. The molecule has 0 radical (unpaired) electrons. The van der Waals surface area contributed by atoms with Crippen molar-refractivity contribution in [2.75, 3.05) is 44.9 Å². The Morgan fingerprint density at radius 3 is 1.59 bits per heavy atom. The molecule has 3 atom stereocenters. The van der Waals surface area contributed by atoms with Crippen molar-refractivity contribution in [3.63, 3.8) is 0 Å². The van der Waals surface area contributed by atoms with Crippen LogP contribution in [0.15, 0.2) is 121 Å². The molecule has 3 aliphatic carbocycles. The monoisotopic (exact) mass is 784 g/mol. The van der Waals surface area contributed by atoms with Crippen LogP contribution in [0.1, 0.15) is 56.8 Å². The Hall–Kier alpha value is -6.30. The molecule has 0 N–H and O–H groups in total. The minimum atomic E-state index is 0.208. The first-order chi connectivity index (χ1) is 30.2. The lowest BCUT2D eigenvalue weighted by Gasteiger charge is -2.33. The van der Waals surface area contributed by atoms with Crippen molar-refractivity contribution in [2.24, 2.45) is 0 Å². The number of fused-ring (bicyclic) bond motifs is 3. The Morgan fingerprint density at radius 1 is 0.492 bits per heavy atom. The standard InChI is InChI=1S/C57H40N2O2/c1-60-20-21-61-19-18-58-28-41-39-26-34-24-32-22-30-12-13-31-23-33-25-35-27-40(50-49(39)53-46(34)44(32)51-42(30)43(31)52-45(33)47(35)54(50)56(53)55(51)52)48(41)57(58)29-14-16-38(17-15-29)59(36-8-4-2-5-9-36)37-10-6-3-7-11-37/h2-17,22-23,26-27,41,48,57H,18-21,24-25,28H2,1H3. The predicted molar refractivity (Wildman–Crippen MR) is 252 cm³/mol. The van der Waals surface area contributed by atoms with Crippen LogP contribution in [0, 0.1) is 0 Å². The van der Waals surface area contributed by atoms with Crippen LogP contribution in [0.3, 0.4) is 0 Å². The van der Waals surface area contributed by atoms with Gasteiger partial charge in [-0.25, -0.2) is 0 Å². The van der Waals surface area contributed by atoms with Gasteiger partial charge in [0, 0.05) is 55.1 Å². The molecule has 16 rings (SSSR count). The third kappa shape index (κ3) is 3.75. The Balaban J connectivity index is 0.946. The zero-order valence-electron chi connectivity index (χ0n) is 33.9. The second kappa shape index (κ2) is 11.1. The van der Waals surface area contributed by atoms with Gasteiger partial charge in [0.05, 0.1) is 19.8 Å². The van der Waals surface area contributed by atoms with Crippen LogP contribution in [0.2, 0.25) is 0 Å². The summed E-state index contributed by atoms with van der Waals surface area (Å²) in [6.45, 7) is 3.82. The van der Waals surface area contributed by atoms with Gasteiger partial charge in [-0.2, -0.15) is 0 Å². The molecule has 0 aromatic heterocycles. The molecule has 290 valence electrons. The minimum Gasteiger partial charge on any atom is -0.382 e. The fourth-order valence-corrected chi connectivity index (χ4v) is 14.1. The summed E-state index contributed by atoms with van der Waals surface area (Å²) in [5.74, 6) is 0.706. The first-order valence-electron chi connectivity index (χ1n) is 22.3. The summed E-state index contributed by atoms with van der Waals surface area (Å²) in [6, 6.07) is 46.7. The summed E-state index contributed by atoms with van der Waals surface area (Å²) in [7, 11) is 1.75. The Bertz CT molecular complexity index is 3690. The predicted octanol–water partition coefficient (Wildman–Crippen LogP) is 13.3. The summed E-state index contributed by atoms with van der Waals surface area (Å²) < 4.78 is 11.6. The third-order valence-electron chi connectivity index (χ3n) is 16.0. The summed E-state index contributed by atoms with van der Waals surface area (Å²) in [5, 5.41) is 24.8. The molecule has 4 nitrogen and oxygen atoms in total. The van der Waals surface area contributed by atoms with Crippen LogP contribution in [0.4, 0.5) is 17.1 Å². The van der Waals surface area contributed by atoms with Crippen LogP contribution >= 0.6 is 0 Å². The smallest absolute Gasteiger partial charge is 0.0700 e. The lowest BCUT2D eigenvalue weighted by atomic mass is 9.71. The molecule has 1 fully saturated rings. The van der Waals surface area contributed by atoms with E-state index in [1.165, 1.54) is 43.9 Å². The maximum Gasteiger partial charge on any atom is 0.0700 e. The first kappa shape index (κ1) is 32.5. The third-order valence-corrected chi connectivity index (χ3v) is 16.0. The average Bonchev–Trinajstić information content (AvgIpc) is 4.11. The summed E-state index contributed by atoms with van der Waals surface area (Å²) in [5.41, 5.74) is 14.2. The van der Waals surface area contributed by atoms with Gasteiger partial charge in [-0.05, 0) is 174 Å². The molecule has 4 heteroatoms. The van der Waals surface area contributed by atoms with Gasteiger partial charge in [0.25, 0.3) is 0 Å². The van der Waals surface area contributed by atoms with E-state index in [1.807, 2.05) is 0 Å². The zero-order valence-corrected chi connectivity index (χ0v) is 33.9. The fraction of sp³-hybridized carbons (Fsp3) is 0.193. The fourth-order valence-electron chi connectivity index (χ4n) is 14.1. The topological polar surface area (TPSA) is 24.9 Å².